The summed E-state index contributed by atoms with van der Waals surface area (Å²) in [4.78, 5) is 25.3. The van der Waals surface area contributed by atoms with Gasteiger partial charge in [-0.05, 0) is 38.8 Å². The van der Waals surface area contributed by atoms with Gasteiger partial charge in [0.05, 0.1) is 18.4 Å². The molecule has 0 unspecified atom stereocenters. The van der Waals surface area contributed by atoms with Crippen LogP contribution in [-0.2, 0) is 6.42 Å². The highest BCUT2D eigenvalue weighted by Crippen LogP contribution is 2.30. The topological polar surface area (TPSA) is 119 Å². The van der Waals surface area contributed by atoms with E-state index in [4.69, 9.17) is 13.7 Å². The third kappa shape index (κ3) is 4.07. The van der Waals surface area contributed by atoms with Gasteiger partial charge in [-0.15, -0.1) is 0 Å². The van der Waals surface area contributed by atoms with E-state index in [-0.39, 0.29) is 11.7 Å². The second-order valence-corrected chi connectivity index (χ2v) is 7.18. The summed E-state index contributed by atoms with van der Waals surface area (Å²) in [5.74, 6) is 1.44. The number of fused-ring (bicyclic) bond motifs is 1. The van der Waals surface area contributed by atoms with E-state index in [2.05, 4.69) is 21.0 Å². The highest BCUT2D eigenvalue weighted by Gasteiger charge is 2.28. The van der Waals surface area contributed by atoms with Crippen LogP contribution in [-0.4, -0.2) is 29.8 Å². The lowest BCUT2D eigenvalue weighted by Crippen LogP contribution is -2.22. The number of amides is 2. The molecule has 9 heteroatoms. The van der Waals surface area contributed by atoms with E-state index >= 15 is 0 Å². The number of hydrogen-bond donors (Lipinski definition) is 2. The van der Waals surface area contributed by atoms with Gasteiger partial charge in [0, 0.05) is 23.6 Å². The maximum atomic E-state index is 12.7. The quantitative estimate of drug-likeness (QED) is 0.606. The number of para-hydroxylation sites is 1. The summed E-state index contributed by atoms with van der Waals surface area (Å²) in [6.07, 6.45) is 2.14. The molecule has 0 saturated carbocycles. The average molecular weight is 422 g/mol. The van der Waals surface area contributed by atoms with Gasteiger partial charge in [0.15, 0.2) is 11.6 Å². The molecule has 2 N–H and O–H groups in total. The first-order chi connectivity index (χ1) is 15.0. The number of aryl methyl sites for hydroxylation is 2. The molecule has 0 aliphatic heterocycles. The highest BCUT2D eigenvalue weighted by atomic mass is 16.5. The van der Waals surface area contributed by atoms with E-state index in [1.54, 1.807) is 44.2 Å². The molecule has 9 nitrogen and oxygen atoms in total. The molecule has 31 heavy (non-hydrogen) atoms. The average Bonchev–Trinajstić information content (AvgIpc) is 3.34. The Kier molecular flexibility index (Phi) is 5.57. The number of nitrogens with zero attached hydrogens (tertiary/aromatic N) is 2. The van der Waals surface area contributed by atoms with E-state index in [1.807, 2.05) is 0 Å². The summed E-state index contributed by atoms with van der Waals surface area (Å²) < 4.78 is 16.1. The van der Waals surface area contributed by atoms with Gasteiger partial charge in [0.1, 0.15) is 17.3 Å². The van der Waals surface area contributed by atoms with Crippen LogP contribution in [0.15, 0.2) is 44.4 Å². The first-order valence-electron chi connectivity index (χ1n) is 9.85. The zero-order valence-corrected chi connectivity index (χ0v) is 17.4. The van der Waals surface area contributed by atoms with Crippen molar-refractivity contribution in [1.29, 1.82) is 0 Å². The predicted molar refractivity (Wildman–Crippen MR) is 113 cm³/mol. The van der Waals surface area contributed by atoms with Crippen molar-refractivity contribution in [2.75, 3.05) is 12.4 Å². The number of furan rings is 1. The maximum Gasteiger partial charge on any atom is 0.292 e. The minimum atomic E-state index is -0.419. The van der Waals surface area contributed by atoms with Crippen LogP contribution in [0, 0.1) is 13.8 Å². The van der Waals surface area contributed by atoms with Gasteiger partial charge >= 0.3 is 0 Å². The Morgan fingerprint density at radius 1 is 1.16 bits per heavy atom. The fourth-order valence-electron chi connectivity index (χ4n) is 3.61. The molecule has 0 saturated heterocycles. The normalized spacial score (nSPS) is 14.2. The van der Waals surface area contributed by atoms with Gasteiger partial charge in [-0.25, -0.2) is 5.43 Å². The number of carbonyl (C=O) groups excluding carboxylic acids is 2. The van der Waals surface area contributed by atoms with Crippen LogP contribution >= 0.6 is 0 Å². The van der Waals surface area contributed by atoms with Crippen molar-refractivity contribution in [3.63, 3.8) is 0 Å². The third-order valence-corrected chi connectivity index (χ3v) is 5.05. The van der Waals surface area contributed by atoms with Crippen LogP contribution in [0.1, 0.15) is 56.4 Å². The molecular weight excluding hydrogens is 400 g/mol. The lowest BCUT2D eigenvalue weighted by Gasteiger charge is -2.14. The van der Waals surface area contributed by atoms with E-state index in [1.165, 1.54) is 7.11 Å². The van der Waals surface area contributed by atoms with Crippen molar-refractivity contribution in [1.82, 2.24) is 10.6 Å². The van der Waals surface area contributed by atoms with Crippen LogP contribution in [0.3, 0.4) is 0 Å². The molecule has 2 heterocycles. The van der Waals surface area contributed by atoms with E-state index in [9.17, 15) is 9.59 Å². The Morgan fingerprint density at radius 2 is 1.97 bits per heavy atom. The molecule has 0 radical (unpaired) electrons. The van der Waals surface area contributed by atoms with Gasteiger partial charge in [0.25, 0.3) is 11.8 Å². The molecule has 4 rings (SSSR count). The second kappa shape index (κ2) is 8.47. The zero-order valence-electron chi connectivity index (χ0n) is 17.4. The van der Waals surface area contributed by atoms with Crippen molar-refractivity contribution in [2.24, 2.45) is 5.10 Å². The van der Waals surface area contributed by atoms with Crippen molar-refractivity contribution >= 4 is 23.3 Å². The van der Waals surface area contributed by atoms with Crippen molar-refractivity contribution in [3.05, 3.63) is 64.3 Å². The van der Waals surface area contributed by atoms with E-state index in [0.717, 1.165) is 12.0 Å². The summed E-state index contributed by atoms with van der Waals surface area (Å²) >= 11 is 0. The number of nitrogens with one attached hydrogen (secondary N) is 2. The Labute approximate surface area is 178 Å². The monoisotopic (exact) mass is 422 g/mol. The Balaban J connectivity index is 1.57. The van der Waals surface area contributed by atoms with Crippen molar-refractivity contribution < 1.29 is 23.3 Å². The first-order valence-corrected chi connectivity index (χ1v) is 9.85. The maximum absolute atomic E-state index is 12.7. The molecule has 3 aromatic rings. The lowest BCUT2D eigenvalue weighted by molar-refractivity contribution is 0.0950. The molecular formula is C22H22N4O5. The van der Waals surface area contributed by atoms with Gasteiger partial charge in [-0.2, -0.15) is 5.10 Å². The Hall–Kier alpha value is -3.88. The summed E-state index contributed by atoms with van der Waals surface area (Å²) in [6.45, 7) is 3.54. The molecule has 2 aromatic heterocycles. The molecule has 1 aromatic carbocycles. The molecule has 160 valence electrons. The zero-order chi connectivity index (χ0) is 22.0. The fraction of sp³-hybridized carbons (Fsp3) is 0.273. The van der Waals surface area contributed by atoms with Crippen LogP contribution in [0.2, 0.25) is 0 Å². The van der Waals surface area contributed by atoms with Crippen molar-refractivity contribution in [2.45, 2.75) is 33.1 Å². The Morgan fingerprint density at radius 3 is 2.71 bits per heavy atom. The number of aromatic nitrogens is 1. The molecule has 0 atom stereocenters. The van der Waals surface area contributed by atoms with Crippen LogP contribution in [0.4, 0.5) is 5.82 Å². The minimum absolute atomic E-state index is 0.191. The van der Waals surface area contributed by atoms with Gasteiger partial charge in [0.2, 0.25) is 0 Å². The van der Waals surface area contributed by atoms with Crippen LogP contribution in [0.25, 0.3) is 0 Å². The number of anilines is 1. The largest absolute Gasteiger partial charge is 0.496 e. The molecule has 1 aliphatic carbocycles. The van der Waals surface area contributed by atoms with E-state index in [0.29, 0.717) is 52.8 Å². The van der Waals surface area contributed by atoms with E-state index < -0.39 is 5.91 Å². The number of hydrogen-bond acceptors (Lipinski definition) is 7. The number of ether oxygens (including phenoxy) is 1. The fourth-order valence-corrected chi connectivity index (χ4v) is 3.61. The van der Waals surface area contributed by atoms with Crippen molar-refractivity contribution in [3.8, 4) is 5.75 Å². The van der Waals surface area contributed by atoms with Gasteiger partial charge in [-0.3, -0.25) is 9.59 Å². The van der Waals surface area contributed by atoms with Gasteiger partial charge in [-0.1, -0.05) is 17.3 Å². The summed E-state index contributed by atoms with van der Waals surface area (Å²) in [5, 5.41) is 10.8. The SMILES string of the molecule is COc1ccccc1C(=O)N/N=C1\CCCc2oc(C(=O)Nc3cc(C)on3)c(C)c21. The summed E-state index contributed by atoms with van der Waals surface area (Å²) in [7, 11) is 1.51. The third-order valence-electron chi connectivity index (χ3n) is 5.05. The lowest BCUT2D eigenvalue weighted by atomic mass is 9.93. The molecule has 2 amide bonds. The van der Waals surface area contributed by atoms with Crippen LogP contribution in [0.5, 0.6) is 5.75 Å². The molecule has 0 fully saturated rings. The minimum Gasteiger partial charge on any atom is -0.496 e. The number of rotatable bonds is 5. The summed E-state index contributed by atoms with van der Waals surface area (Å²) in [5.41, 5.74) is 5.07. The number of benzene rings is 1. The summed E-state index contributed by atoms with van der Waals surface area (Å²) in [6, 6.07) is 8.54. The number of hydrazone groups is 1. The van der Waals surface area contributed by atoms with Gasteiger partial charge < -0.3 is 19.0 Å². The number of methoxy groups -OCH3 is 1. The Bertz CT molecular complexity index is 1170. The molecule has 0 bridgehead atoms. The van der Waals surface area contributed by atoms with Crippen LogP contribution < -0.4 is 15.5 Å². The molecule has 0 spiro atoms. The predicted octanol–water partition coefficient (Wildman–Crippen LogP) is 3.62. The highest BCUT2D eigenvalue weighted by molar-refractivity contribution is 6.09. The second-order valence-electron chi connectivity index (χ2n) is 7.18. The molecule has 1 aliphatic rings. The smallest absolute Gasteiger partial charge is 0.292 e. The first kappa shape index (κ1) is 20.4. The number of carbonyl (C=O) groups is 2. The standard InChI is InChI=1S/C22H22N4O5/c1-12-11-18(26-31-12)23-22(28)20-13(2)19-15(8-6-10-17(19)30-20)24-25-21(27)14-7-4-5-9-16(14)29-3/h4-5,7,9,11H,6,8,10H2,1-3H3,(H,25,27)(H,23,26,28)/b24-15+.